The predicted octanol–water partition coefficient (Wildman–Crippen LogP) is 8.02. The van der Waals surface area contributed by atoms with Gasteiger partial charge >= 0.3 is 11.9 Å². The van der Waals surface area contributed by atoms with Crippen LogP contribution in [0.4, 0.5) is 0 Å². The molecular weight excluding hydrogens is 716 g/mol. The maximum absolute atomic E-state index is 13.6. The number of nitrogens with zero attached hydrogens (tertiary/aromatic N) is 2. The van der Waals surface area contributed by atoms with Gasteiger partial charge in [0.2, 0.25) is 11.6 Å². The predicted molar refractivity (Wildman–Crippen MR) is 206 cm³/mol. The zero-order valence-electron chi connectivity index (χ0n) is 32.6. The van der Waals surface area contributed by atoms with Crippen LogP contribution < -0.4 is 0 Å². The van der Waals surface area contributed by atoms with Crippen LogP contribution in [0.3, 0.4) is 0 Å². The topological polar surface area (TPSA) is 149 Å². The van der Waals surface area contributed by atoms with Gasteiger partial charge in [-0.3, -0.25) is 19.6 Å². The Kier molecular flexibility index (Phi) is 16.1. The first kappa shape index (κ1) is 42.2. The maximum atomic E-state index is 13.6. The van der Waals surface area contributed by atoms with Crippen LogP contribution in [0.2, 0.25) is 0 Å². The standard InChI is InChI=1S/C44H54N2O10/c1-51-43-23-13-9-5-3-7-12-20-36(48)40(42(50)54-32-34-18-16-28-46-30-34)38-22-26-44(52-2,56-38)24-14-10-6-4-8-11-19-35(47)39(37(55-43)21-25-43)41(49)53-31-33-17-15-27-45-29-33/h15-18,21-22,25-30H,3-14,19-20,23-24,31-32H2,1-2H3/b39-37-,40-38-/t43-,44-/m1/s1. The third-order valence-corrected chi connectivity index (χ3v) is 10.2. The fourth-order valence-corrected chi connectivity index (χ4v) is 6.97. The molecule has 5 heterocycles. The lowest BCUT2D eigenvalue weighted by molar-refractivity contribution is -0.159. The summed E-state index contributed by atoms with van der Waals surface area (Å²) in [5.41, 5.74) is 1.21. The summed E-state index contributed by atoms with van der Waals surface area (Å²) in [6.45, 7) is -0.0409. The van der Waals surface area contributed by atoms with Crippen LogP contribution in [0.1, 0.15) is 114 Å². The van der Waals surface area contributed by atoms with Gasteiger partial charge in [-0.05, 0) is 62.1 Å². The molecule has 12 heteroatoms. The second kappa shape index (κ2) is 21.4. The summed E-state index contributed by atoms with van der Waals surface area (Å²) in [6.07, 6.45) is 24.3. The highest BCUT2D eigenvalue weighted by Crippen LogP contribution is 2.36. The molecule has 0 saturated carbocycles. The molecule has 0 fully saturated rings. The van der Waals surface area contributed by atoms with Crippen molar-refractivity contribution in [2.24, 2.45) is 0 Å². The fraction of sp³-hybridized carbons (Fsp3) is 0.500. The molecule has 0 saturated heterocycles. The normalized spacial score (nSPS) is 26.0. The summed E-state index contributed by atoms with van der Waals surface area (Å²) >= 11 is 0. The summed E-state index contributed by atoms with van der Waals surface area (Å²) in [4.78, 5) is 62.2. The number of fused-ring (bicyclic) bond motifs is 4. The third-order valence-electron chi connectivity index (χ3n) is 10.2. The number of esters is 2. The fourth-order valence-electron chi connectivity index (χ4n) is 6.97. The molecule has 4 bridgehead atoms. The number of carbonyl (C=O) groups excluding carboxylic acids is 4. The molecule has 12 nitrogen and oxygen atoms in total. The molecule has 0 unspecified atom stereocenters. The number of pyridine rings is 2. The van der Waals surface area contributed by atoms with Crippen molar-refractivity contribution in [3.05, 3.63) is 107 Å². The van der Waals surface area contributed by atoms with E-state index in [1.54, 1.807) is 87.6 Å². The Bertz CT molecular complexity index is 1640. The van der Waals surface area contributed by atoms with Gasteiger partial charge in [0.05, 0.1) is 0 Å². The molecule has 0 spiro atoms. The van der Waals surface area contributed by atoms with Gasteiger partial charge in [-0.15, -0.1) is 0 Å². The van der Waals surface area contributed by atoms with Gasteiger partial charge in [-0.25, -0.2) is 9.59 Å². The summed E-state index contributed by atoms with van der Waals surface area (Å²) in [7, 11) is 3.09. The van der Waals surface area contributed by atoms with Crippen molar-refractivity contribution in [1.29, 1.82) is 0 Å². The lowest BCUT2D eigenvalue weighted by atomic mass is 10.0. The Morgan fingerprint density at radius 1 is 0.607 bits per heavy atom. The molecule has 0 aromatic carbocycles. The second-order valence-corrected chi connectivity index (χ2v) is 14.3. The van der Waals surface area contributed by atoms with E-state index in [0.29, 0.717) is 36.8 Å². The average Bonchev–Trinajstić information content (AvgIpc) is 3.84. The quantitative estimate of drug-likeness (QED) is 0.189. The van der Waals surface area contributed by atoms with Crippen molar-refractivity contribution < 1.29 is 47.6 Å². The number of rotatable bonds is 8. The molecule has 0 aliphatic carbocycles. The summed E-state index contributed by atoms with van der Waals surface area (Å²) in [5, 5.41) is 0. The number of methoxy groups -OCH3 is 2. The number of hydrogen-bond donors (Lipinski definition) is 0. The Morgan fingerprint density at radius 3 is 1.38 bits per heavy atom. The molecule has 3 aliphatic rings. The smallest absolute Gasteiger partial charge is 0.345 e. The van der Waals surface area contributed by atoms with Crippen LogP contribution in [-0.4, -0.2) is 59.3 Å². The van der Waals surface area contributed by atoms with Crippen LogP contribution in [0.5, 0.6) is 0 Å². The van der Waals surface area contributed by atoms with E-state index >= 15 is 0 Å². The van der Waals surface area contributed by atoms with Gasteiger partial charge in [0.25, 0.3) is 0 Å². The first-order valence-corrected chi connectivity index (χ1v) is 19.8. The van der Waals surface area contributed by atoms with Crippen molar-refractivity contribution in [2.45, 2.75) is 128 Å². The molecule has 300 valence electrons. The monoisotopic (exact) mass is 770 g/mol. The zero-order valence-corrected chi connectivity index (χ0v) is 32.6. The Labute approximate surface area is 329 Å². The van der Waals surface area contributed by atoms with Crippen LogP contribution in [-0.2, 0) is 60.8 Å². The Balaban J connectivity index is 1.25. The van der Waals surface area contributed by atoms with Crippen molar-refractivity contribution in [1.82, 2.24) is 9.97 Å². The molecule has 56 heavy (non-hydrogen) atoms. The summed E-state index contributed by atoms with van der Waals surface area (Å²) in [5.74, 6) is -4.02. The number of allylic oxidation sites excluding steroid dienone is 2. The van der Waals surface area contributed by atoms with E-state index in [9.17, 15) is 19.2 Å². The molecule has 0 N–H and O–H groups in total. The second-order valence-electron chi connectivity index (χ2n) is 14.3. The largest absolute Gasteiger partial charge is 0.458 e. The number of Topliss-reactive ketones (excluding diaryl/α,β-unsaturated/α-hetero) is 2. The molecule has 0 radical (unpaired) electrons. The van der Waals surface area contributed by atoms with Gasteiger partial charge < -0.3 is 28.4 Å². The maximum Gasteiger partial charge on any atom is 0.345 e. The lowest BCUT2D eigenvalue weighted by Crippen LogP contribution is -2.30. The van der Waals surface area contributed by atoms with Crippen molar-refractivity contribution in [3.63, 3.8) is 0 Å². The summed E-state index contributed by atoms with van der Waals surface area (Å²) < 4.78 is 35.2. The number of ketones is 2. The third kappa shape index (κ3) is 12.0. The molecule has 2 aromatic heterocycles. The highest BCUT2D eigenvalue weighted by Gasteiger charge is 2.39. The van der Waals surface area contributed by atoms with E-state index in [-0.39, 0.29) is 60.3 Å². The molecule has 2 atom stereocenters. The number of ether oxygens (including phenoxy) is 6. The van der Waals surface area contributed by atoms with Gasteiger partial charge in [0.15, 0.2) is 11.6 Å². The van der Waals surface area contributed by atoms with Crippen LogP contribution >= 0.6 is 0 Å². The Hall–Kier alpha value is -4.94. The average molecular weight is 771 g/mol. The lowest BCUT2D eigenvalue weighted by Gasteiger charge is -2.27. The van der Waals surface area contributed by atoms with Crippen LogP contribution in [0.15, 0.2) is 96.0 Å². The minimum absolute atomic E-state index is 0.0205. The van der Waals surface area contributed by atoms with E-state index in [0.717, 1.165) is 64.2 Å². The van der Waals surface area contributed by atoms with Gasteiger partial charge in [0, 0.05) is 75.8 Å². The van der Waals surface area contributed by atoms with E-state index in [4.69, 9.17) is 28.4 Å². The number of hydrogen-bond acceptors (Lipinski definition) is 12. The van der Waals surface area contributed by atoms with Gasteiger partial charge in [-0.1, -0.05) is 63.5 Å². The SMILES string of the molecule is CO[C@]12C=C/C(=C(/C(=O)OCc3cccnc3)C(=O)CCCCCCCC[C@]3(OC)C=C/C(=C(/C(=O)OCc4cccnc4)C(=O)CCCCCCCC1)O3)O2. The minimum atomic E-state index is -1.10. The molecule has 5 rings (SSSR count). The molecule has 2 aromatic rings. The zero-order chi connectivity index (χ0) is 39.6. The van der Waals surface area contributed by atoms with Crippen LogP contribution in [0.25, 0.3) is 0 Å². The minimum Gasteiger partial charge on any atom is -0.458 e. The van der Waals surface area contributed by atoms with Crippen molar-refractivity contribution in [3.8, 4) is 0 Å². The Morgan fingerprint density at radius 2 is 1.00 bits per heavy atom. The van der Waals surface area contributed by atoms with E-state index < -0.39 is 23.5 Å². The van der Waals surface area contributed by atoms with Gasteiger partial charge in [-0.2, -0.15) is 0 Å². The molecule has 0 amide bonds. The number of aromatic nitrogens is 2. The molecule has 3 aliphatic heterocycles. The highest BCUT2D eigenvalue weighted by molar-refractivity contribution is 6.18. The summed E-state index contributed by atoms with van der Waals surface area (Å²) in [6, 6.07) is 7.11. The van der Waals surface area contributed by atoms with Gasteiger partial charge in [0.1, 0.15) is 35.9 Å². The van der Waals surface area contributed by atoms with E-state index in [1.807, 2.05) is 0 Å². The highest BCUT2D eigenvalue weighted by atomic mass is 16.7. The van der Waals surface area contributed by atoms with Crippen molar-refractivity contribution >= 4 is 23.5 Å². The van der Waals surface area contributed by atoms with Crippen LogP contribution in [0, 0.1) is 0 Å². The number of carbonyl (C=O) groups is 4. The first-order chi connectivity index (χ1) is 27.3. The van der Waals surface area contributed by atoms with E-state index in [2.05, 4.69) is 9.97 Å². The first-order valence-electron chi connectivity index (χ1n) is 19.8. The molecular formula is C44H54N2O10. The van der Waals surface area contributed by atoms with Crippen molar-refractivity contribution in [2.75, 3.05) is 14.2 Å². The van der Waals surface area contributed by atoms with E-state index in [1.165, 1.54) is 0 Å².